The van der Waals surface area contributed by atoms with Crippen LogP contribution in [0.15, 0.2) is 78.4 Å². The average molecular weight is 461 g/mol. The van der Waals surface area contributed by atoms with Gasteiger partial charge in [0.25, 0.3) is 11.7 Å². The van der Waals surface area contributed by atoms with Crippen molar-refractivity contribution in [2.45, 2.75) is 26.0 Å². The third-order valence-electron chi connectivity index (χ3n) is 5.46. The average Bonchev–Trinajstić information content (AvgIpc) is 3.09. The molecular formula is C27H24FNO5. The summed E-state index contributed by atoms with van der Waals surface area (Å²) in [6.07, 6.45) is -0.0215. The highest BCUT2D eigenvalue weighted by Gasteiger charge is 2.47. The van der Waals surface area contributed by atoms with Crippen LogP contribution >= 0.6 is 0 Å². The molecule has 4 rings (SSSR count). The molecule has 34 heavy (non-hydrogen) atoms. The Labute approximate surface area is 196 Å². The van der Waals surface area contributed by atoms with Gasteiger partial charge in [0, 0.05) is 17.3 Å². The molecule has 0 bridgehead atoms. The van der Waals surface area contributed by atoms with E-state index in [2.05, 4.69) is 0 Å². The van der Waals surface area contributed by atoms with Gasteiger partial charge in [-0.15, -0.1) is 0 Å². The fraction of sp³-hybridized carbons (Fsp3) is 0.185. The topological polar surface area (TPSA) is 76.1 Å². The number of benzene rings is 3. The maximum absolute atomic E-state index is 13.4. The largest absolute Gasteiger partial charge is 0.507 e. The molecule has 174 valence electrons. The van der Waals surface area contributed by atoms with Crippen LogP contribution in [0.1, 0.15) is 31.0 Å². The predicted octanol–water partition coefficient (Wildman–Crippen LogP) is 5.25. The molecule has 1 aliphatic heterocycles. The number of halogens is 1. The van der Waals surface area contributed by atoms with Crippen LogP contribution < -0.4 is 14.4 Å². The Morgan fingerprint density at radius 2 is 1.65 bits per heavy atom. The van der Waals surface area contributed by atoms with Crippen molar-refractivity contribution in [1.29, 1.82) is 0 Å². The van der Waals surface area contributed by atoms with Crippen molar-refractivity contribution < 1.29 is 28.6 Å². The van der Waals surface area contributed by atoms with Crippen LogP contribution in [-0.4, -0.2) is 30.0 Å². The van der Waals surface area contributed by atoms with E-state index < -0.39 is 23.5 Å². The van der Waals surface area contributed by atoms with E-state index in [1.54, 1.807) is 48.5 Å². The van der Waals surface area contributed by atoms with Crippen LogP contribution in [0.4, 0.5) is 10.1 Å². The van der Waals surface area contributed by atoms with Crippen molar-refractivity contribution in [1.82, 2.24) is 0 Å². The van der Waals surface area contributed by atoms with Crippen molar-refractivity contribution >= 4 is 23.1 Å². The van der Waals surface area contributed by atoms with Crippen molar-refractivity contribution in [3.8, 4) is 11.5 Å². The first-order valence-electron chi connectivity index (χ1n) is 10.8. The smallest absolute Gasteiger partial charge is 0.300 e. The number of hydrogen-bond donors (Lipinski definition) is 1. The highest BCUT2D eigenvalue weighted by molar-refractivity contribution is 6.51. The zero-order valence-corrected chi connectivity index (χ0v) is 19.0. The van der Waals surface area contributed by atoms with Crippen LogP contribution in [0.2, 0.25) is 0 Å². The maximum atomic E-state index is 13.4. The van der Waals surface area contributed by atoms with E-state index in [0.717, 1.165) is 0 Å². The Bertz CT molecular complexity index is 1250. The number of ether oxygens (including phenoxy) is 2. The van der Waals surface area contributed by atoms with Gasteiger partial charge >= 0.3 is 0 Å². The molecule has 0 aromatic heterocycles. The maximum Gasteiger partial charge on any atom is 0.300 e. The number of hydrogen-bond acceptors (Lipinski definition) is 5. The molecule has 0 saturated carbocycles. The van der Waals surface area contributed by atoms with Crippen molar-refractivity contribution in [3.05, 3.63) is 95.3 Å². The summed E-state index contributed by atoms with van der Waals surface area (Å²) in [5.41, 5.74) is 1.18. The zero-order chi connectivity index (χ0) is 24.4. The molecule has 1 unspecified atom stereocenters. The fourth-order valence-corrected chi connectivity index (χ4v) is 3.94. The van der Waals surface area contributed by atoms with Crippen molar-refractivity contribution in [2.24, 2.45) is 0 Å². The predicted molar refractivity (Wildman–Crippen MR) is 126 cm³/mol. The van der Waals surface area contributed by atoms with E-state index in [4.69, 9.17) is 9.47 Å². The molecule has 1 aliphatic rings. The highest BCUT2D eigenvalue weighted by Crippen LogP contribution is 2.43. The van der Waals surface area contributed by atoms with Gasteiger partial charge in [-0.3, -0.25) is 14.5 Å². The number of methoxy groups -OCH3 is 1. The molecule has 7 heteroatoms. The molecule has 1 atom stereocenters. The number of rotatable bonds is 6. The summed E-state index contributed by atoms with van der Waals surface area (Å²) in [6.45, 7) is 3.82. The van der Waals surface area contributed by atoms with Gasteiger partial charge < -0.3 is 14.6 Å². The van der Waals surface area contributed by atoms with Crippen LogP contribution in [0.25, 0.3) is 5.76 Å². The summed E-state index contributed by atoms with van der Waals surface area (Å²) in [5.74, 6) is -1.34. The lowest BCUT2D eigenvalue weighted by Crippen LogP contribution is -2.29. The van der Waals surface area contributed by atoms with E-state index in [1.165, 1.54) is 36.3 Å². The van der Waals surface area contributed by atoms with Crippen LogP contribution in [0.5, 0.6) is 11.5 Å². The lowest BCUT2D eigenvalue weighted by atomic mass is 9.95. The molecule has 0 spiro atoms. The summed E-state index contributed by atoms with van der Waals surface area (Å²) in [6, 6.07) is 17.9. The van der Waals surface area contributed by atoms with E-state index in [1.807, 2.05) is 13.8 Å². The summed E-state index contributed by atoms with van der Waals surface area (Å²) in [7, 11) is 1.51. The standard InChI is InChI=1S/C27H24FNO5/c1-16(2)34-21-13-9-17(10-14-21)24-23(25(30)18-7-11-19(28)12-8-18)26(31)27(32)29(24)20-5-4-6-22(15-20)33-3/h4-16,24,30H,1-3H3/b25-23+. The highest BCUT2D eigenvalue weighted by atomic mass is 19.1. The van der Waals surface area contributed by atoms with Gasteiger partial charge in [0.05, 0.1) is 24.8 Å². The van der Waals surface area contributed by atoms with Crippen LogP contribution in [0.3, 0.4) is 0 Å². The molecule has 0 aliphatic carbocycles. The minimum Gasteiger partial charge on any atom is -0.507 e. The minimum absolute atomic E-state index is 0.0215. The normalized spacial score (nSPS) is 17.3. The lowest BCUT2D eigenvalue weighted by molar-refractivity contribution is -0.132. The first-order valence-corrected chi connectivity index (χ1v) is 10.8. The third-order valence-corrected chi connectivity index (χ3v) is 5.46. The summed E-state index contributed by atoms with van der Waals surface area (Å²) < 4.78 is 24.4. The Kier molecular flexibility index (Phi) is 6.36. The van der Waals surface area contributed by atoms with E-state index in [-0.39, 0.29) is 23.0 Å². The Hall–Kier alpha value is -4.13. The SMILES string of the molecule is COc1cccc(N2C(=O)C(=O)/C(=C(/O)c3ccc(F)cc3)C2c2ccc(OC(C)C)cc2)c1. The van der Waals surface area contributed by atoms with E-state index in [9.17, 15) is 19.1 Å². The number of carbonyl (C=O) groups excluding carboxylic acids is 2. The first kappa shape index (κ1) is 23.0. The molecule has 1 N–H and O–H groups in total. The van der Waals surface area contributed by atoms with Gasteiger partial charge in [-0.05, 0) is 67.9 Å². The number of carbonyl (C=O) groups is 2. The molecule has 1 heterocycles. The number of ketones is 1. The second-order valence-electron chi connectivity index (χ2n) is 8.11. The van der Waals surface area contributed by atoms with Gasteiger partial charge in [-0.2, -0.15) is 0 Å². The van der Waals surface area contributed by atoms with Gasteiger partial charge in [0.1, 0.15) is 23.1 Å². The number of amides is 1. The Morgan fingerprint density at radius 1 is 0.971 bits per heavy atom. The zero-order valence-electron chi connectivity index (χ0n) is 19.0. The molecule has 1 amide bonds. The fourth-order valence-electron chi connectivity index (χ4n) is 3.94. The van der Waals surface area contributed by atoms with Crippen molar-refractivity contribution in [3.63, 3.8) is 0 Å². The van der Waals surface area contributed by atoms with Crippen molar-refractivity contribution in [2.75, 3.05) is 12.0 Å². The number of anilines is 1. The third kappa shape index (κ3) is 4.37. The van der Waals surface area contributed by atoms with Crippen LogP contribution in [-0.2, 0) is 9.59 Å². The molecule has 1 saturated heterocycles. The van der Waals surface area contributed by atoms with E-state index in [0.29, 0.717) is 22.7 Å². The quantitative estimate of drug-likeness (QED) is 0.308. The molecule has 6 nitrogen and oxygen atoms in total. The second-order valence-corrected chi connectivity index (χ2v) is 8.11. The molecular weight excluding hydrogens is 437 g/mol. The summed E-state index contributed by atoms with van der Waals surface area (Å²) >= 11 is 0. The molecule has 3 aromatic rings. The second kappa shape index (κ2) is 9.39. The summed E-state index contributed by atoms with van der Waals surface area (Å²) in [5, 5.41) is 11.1. The Balaban J connectivity index is 1.89. The number of aliphatic hydroxyl groups is 1. The van der Waals surface area contributed by atoms with Gasteiger partial charge in [0.15, 0.2) is 0 Å². The van der Waals surface area contributed by atoms with Crippen LogP contribution in [0, 0.1) is 5.82 Å². The van der Waals surface area contributed by atoms with E-state index >= 15 is 0 Å². The molecule has 0 radical (unpaired) electrons. The lowest BCUT2D eigenvalue weighted by Gasteiger charge is -2.26. The number of aliphatic hydroxyl groups excluding tert-OH is 1. The number of nitrogens with zero attached hydrogens (tertiary/aromatic N) is 1. The monoisotopic (exact) mass is 461 g/mol. The van der Waals surface area contributed by atoms with Gasteiger partial charge in [-0.1, -0.05) is 18.2 Å². The first-order chi connectivity index (χ1) is 16.3. The molecule has 1 fully saturated rings. The number of Topliss-reactive ketones (excluding diaryl/α,β-unsaturated/α-hetero) is 1. The van der Waals surface area contributed by atoms with Gasteiger partial charge in [-0.25, -0.2) is 4.39 Å². The van der Waals surface area contributed by atoms with Gasteiger partial charge in [0.2, 0.25) is 0 Å². The molecule has 3 aromatic carbocycles. The summed E-state index contributed by atoms with van der Waals surface area (Å²) in [4.78, 5) is 27.7. The minimum atomic E-state index is -0.912. The Morgan fingerprint density at radius 3 is 2.26 bits per heavy atom.